The van der Waals surface area contributed by atoms with E-state index >= 15 is 0 Å². The first-order valence-corrected chi connectivity index (χ1v) is 11.3. The summed E-state index contributed by atoms with van der Waals surface area (Å²) in [5.74, 6) is -2.14. The standard InChI is InChI=1S/C24H19F5N4O3/c25-16-5-14(6-17(26)21(16)36-15-2-4-30-18(7-15)24(27,28)29)11-35-19-8-20-32(22(34)31-19)12-23-3-1-13(9-23)10-33(20)23/h2,4-8,13H,1,3,9-12H2/t13-,23+/m0/s1. The minimum atomic E-state index is -4.74. The summed E-state index contributed by atoms with van der Waals surface area (Å²) in [6, 6.07) is 5.16. The Kier molecular flexibility index (Phi) is 4.99. The van der Waals surface area contributed by atoms with Crippen molar-refractivity contribution in [1.82, 2.24) is 14.5 Å². The molecule has 188 valence electrons. The number of nitrogens with zero attached hydrogens (tertiary/aromatic N) is 4. The SMILES string of the molecule is O=c1nc(OCc2cc(F)c(Oc3ccnc(C(F)(F)F)c3)c(F)c2)cc2n1C[C@]13CC[C@H](CN21)C3. The highest BCUT2D eigenvalue weighted by Gasteiger charge is 2.55. The van der Waals surface area contributed by atoms with Gasteiger partial charge >= 0.3 is 11.9 Å². The van der Waals surface area contributed by atoms with Gasteiger partial charge in [-0.1, -0.05) is 0 Å². The van der Waals surface area contributed by atoms with Crippen molar-refractivity contribution in [3.63, 3.8) is 0 Å². The third kappa shape index (κ3) is 3.75. The van der Waals surface area contributed by atoms with Crippen molar-refractivity contribution in [2.75, 3.05) is 11.4 Å². The van der Waals surface area contributed by atoms with Crippen molar-refractivity contribution in [3.05, 3.63) is 69.9 Å². The van der Waals surface area contributed by atoms with Gasteiger partial charge in [-0.25, -0.2) is 13.6 Å². The molecule has 12 heteroatoms. The first-order valence-electron chi connectivity index (χ1n) is 11.3. The molecule has 4 heterocycles. The van der Waals surface area contributed by atoms with Crippen LogP contribution in [-0.4, -0.2) is 26.6 Å². The van der Waals surface area contributed by atoms with Crippen molar-refractivity contribution in [3.8, 4) is 17.4 Å². The predicted molar refractivity (Wildman–Crippen MR) is 116 cm³/mol. The van der Waals surface area contributed by atoms with Gasteiger partial charge in [-0.15, -0.1) is 0 Å². The molecule has 0 N–H and O–H groups in total. The number of hydrogen-bond acceptors (Lipinski definition) is 6. The summed E-state index contributed by atoms with van der Waals surface area (Å²) < 4.78 is 80.0. The van der Waals surface area contributed by atoms with E-state index in [1.54, 1.807) is 10.6 Å². The fourth-order valence-electron chi connectivity index (χ4n) is 5.54. The summed E-state index contributed by atoms with van der Waals surface area (Å²) in [4.78, 5) is 22.0. The second-order valence-electron chi connectivity index (χ2n) is 9.42. The molecule has 1 saturated carbocycles. The van der Waals surface area contributed by atoms with Gasteiger partial charge in [0.1, 0.15) is 23.9 Å². The number of rotatable bonds is 5. The van der Waals surface area contributed by atoms with Crippen LogP contribution in [-0.2, 0) is 19.3 Å². The van der Waals surface area contributed by atoms with Gasteiger partial charge in [0.05, 0.1) is 12.1 Å². The Labute approximate surface area is 201 Å². The van der Waals surface area contributed by atoms with Crippen molar-refractivity contribution in [1.29, 1.82) is 0 Å². The van der Waals surface area contributed by atoms with Crippen molar-refractivity contribution >= 4 is 5.82 Å². The summed E-state index contributed by atoms with van der Waals surface area (Å²) >= 11 is 0. The van der Waals surface area contributed by atoms with E-state index in [0.29, 0.717) is 18.5 Å². The van der Waals surface area contributed by atoms with E-state index in [1.807, 2.05) is 0 Å². The molecule has 36 heavy (non-hydrogen) atoms. The summed E-state index contributed by atoms with van der Waals surface area (Å²) in [6.07, 6.45) is -0.678. The van der Waals surface area contributed by atoms with Gasteiger partial charge in [-0.2, -0.15) is 18.2 Å². The monoisotopic (exact) mass is 506 g/mol. The largest absolute Gasteiger partial charge is 0.473 e. The third-order valence-corrected chi connectivity index (χ3v) is 7.08. The molecule has 7 nitrogen and oxygen atoms in total. The van der Waals surface area contributed by atoms with Crippen molar-refractivity contribution in [2.24, 2.45) is 5.92 Å². The second-order valence-corrected chi connectivity index (χ2v) is 9.42. The molecule has 0 radical (unpaired) electrons. The highest BCUT2D eigenvalue weighted by molar-refractivity contribution is 5.52. The first kappa shape index (κ1) is 22.7. The van der Waals surface area contributed by atoms with Crippen LogP contribution in [0.2, 0.25) is 0 Å². The number of benzene rings is 1. The predicted octanol–water partition coefficient (Wildman–Crippen LogP) is 4.68. The van der Waals surface area contributed by atoms with E-state index in [1.165, 1.54) is 0 Å². The number of piperidine rings is 1. The van der Waals surface area contributed by atoms with Crippen LogP contribution in [0.4, 0.5) is 27.8 Å². The molecule has 1 aromatic carbocycles. The maximum absolute atomic E-state index is 14.6. The molecule has 2 atom stereocenters. The van der Waals surface area contributed by atoms with E-state index < -0.39 is 40.7 Å². The maximum Gasteiger partial charge on any atom is 0.433 e. The molecule has 3 aliphatic rings. The number of aromatic nitrogens is 3. The van der Waals surface area contributed by atoms with Gasteiger partial charge < -0.3 is 14.4 Å². The molecule has 2 bridgehead atoms. The summed E-state index contributed by atoms with van der Waals surface area (Å²) in [5, 5.41) is 0. The van der Waals surface area contributed by atoms with Gasteiger partial charge in [0, 0.05) is 24.9 Å². The average molecular weight is 506 g/mol. The highest BCUT2D eigenvalue weighted by atomic mass is 19.4. The Hall–Kier alpha value is -3.70. The van der Waals surface area contributed by atoms with Crippen LogP contribution in [0.3, 0.4) is 0 Å². The lowest BCUT2D eigenvalue weighted by molar-refractivity contribution is -0.141. The minimum absolute atomic E-state index is 0.0328. The van der Waals surface area contributed by atoms with Crippen LogP contribution in [0.5, 0.6) is 17.4 Å². The number of anilines is 1. The average Bonchev–Trinajstić information content (AvgIpc) is 3.48. The van der Waals surface area contributed by atoms with Crippen LogP contribution in [0, 0.1) is 17.6 Å². The zero-order valence-corrected chi connectivity index (χ0v) is 18.7. The van der Waals surface area contributed by atoms with Gasteiger partial charge in [0.2, 0.25) is 5.88 Å². The van der Waals surface area contributed by atoms with E-state index in [2.05, 4.69) is 14.9 Å². The number of pyridine rings is 1. The van der Waals surface area contributed by atoms with Gasteiger partial charge in [0.15, 0.2) is 17.4 Å². The Morgan fingerprint density at radius 3 is 2.64 bits per heavy atom. The van der Waals surface area contributed by atoms with Crippen LogP contribution in [0.25, 0.3) is 0 Å². The molecule has 0 amide bonds. The zero-order chi connectivity index (χ0) is 25.2. The van der Waals surface area contributed by atoms with Gasteiger partial charge in [0.25, 0.3) is 0 Å². The number of halogens is 5. The lowest BCUT2D eigenvalue weighted by Crippen LogP contribution is -2.42. The molecule has 1 saturated heterocycles. The maximum atomic E-state index is 14.6. The first-order chi connectivity index (χ1) is 17.1. The molecule has 6 rings (SSSR count). The molecule has 2 aromatic heterocycles. The summed E-state index contributed by atoms with van der Waals surface area (Å²) in [5.41, 5.74) is -1.64. The van der Waals surface area contributed by atoms with Crippen molar-refractivity contribution in [2.45, 2.75) is 44.1 Å². The Morgan fingerprint density at radius 2 is 1.92 bits per heavy atom. The van der Waals surface area contributed by atoms with Gasteiger partial charge in [-0.05, 0) is 48.9 Å². The van der Waals surface area contributed by atoms with Crippen molar-refractivity contribution < 1.29 is 31.4 Å². The van der Waals surface area contributed by atoms with Gasteiger partial charge in [-0.3, -0.25) is 9.55 Å². The fourth-order valence-corrected chi connectivity index (χ4v) is 5.54. The smallest absolute Gasteiger partial charge is 0.433 e. The minimum Gasteiger partial charge on any atom is -0.473 e. The Bertz CT molecular complexity index is 1400. The summed E-state index contributed by atoms with van der Waals surface area (Å²) in [6.45, 7) is 1.19. The molecule has 2 aliphatic heterocycles. The number of alkyl halides is 3. The zero-order valence-electron chi connectivity index (χ0n) is 18.7. The highest BCUT2D eigenvalue weighted by Crippen LogP contribution is 2.52. The third-order valence-electron chi connectivity index (χ3n) is 7.08. The molecular weight excluding hydrogens is 487 g/mol. The molecular formula is C24H19F5N4O3. The van der Waals surface area contributed by atoms with Crippen LogP contribution in [0.1, 0.15) is 30.5 Å². The van der Waals surface area contributed by atoms with Crippen LogP contribution in [0.15, 0.2) is 41.3 Å². The Morgan fingerprint density at radius 1 is 1.14 bits per heavy atom. The van der Waals surface area contributed by atoms with E-state index in [9.17, 15) is 26.7 Å². The van der Waals surface area contributed by atoms with E-state index in [-0.39, 0.29) is 23.6 Å². The normalized spacial score (nSPS) is 22.0. The molecule has 3 aromatic rings. The lowest BCUT2D eigenvalue weighted by atomic mass is 9.99. The quantitative estimate of drug-likeness (QED) is 0.469. The summed E-state index contributed by atoms with van der Waals surface area (Å²) in [7, 11) is 0. The topological polar surface area (TPSA) is 69.5 Å². The molecule has 1 aliphatic carbocycles. The molecule has 1 spiro atoms. The van der Waals surface area contributed by atoms with Crippen LogP contribution >= 0.6 is 0 Å². The van der Waals surface area contributed by atoms with Crippen LogP contribution < -0.4 is 20.1 Å². The number of ether oxygens (including phenoxy) is 2. The van der Waals surface area contributed by atoms with E-state index in [4.69, 9.17) is 9.47 Å². The second kappa shape index (κ2) is 7.90. The number of fused-ring (bicyclic) bond motifs is 3. The fraction of sp³-hybridized carbons (Fsp3) is 0.375. The Balaban J connectivity index is 1.19. The number of hydrogen-bond donors (Lipinski definition) is 0. The molecule has 2 fully saturated rings. The van der Waals surface area contributed by atoms with E-state index in [0.717, 1.165) is 56.0 Å². The lowest BCUT2D eigenvalue weighted by Gasteiger charge is -2.32. The molecule has 0 unspecified atom stereocenters.